The molecular formula is C16H17NO. The van der Waals surface area contributed by atoms with E-state index in [9.17, 15) is 4.79 Å². The van der Waals surface area contributed by atoms with E-state index in [1.165, 1.54) is 24.8 Å². The zero-order chi connectivity index (χ0) is 12.3. The largest absolute Gasteiger partial charge is 0.399 e. The van der Waals surface area contributed by atoms with Crippen LogP contribution in [0.3, 0.4) is 0 Å². The lowest BCUT2D eigenvalue weighted by Crippen LogP contribution is -2.37. The van der Waals surface area contributed by atoms with E-state index < -0.39 is 0 Å². The minimum absolute atomic E-state index is 0.251. The van der Waals surface area contributed by atoms with Gasteiger partial charge in [0.1, 0.15) is 0 Å². The third kappa shape index (κ3) is 1.16. The second kappa shape index (κ2) is 3.25. The van der Waals surface area contributed by atoms with Gasteiger partial charge in [0, 0.05) is 23.1 Å². The molecule has 2 bridgehead atoms. The number of nitrogens with two attached hydrogens (primary N) is 1. The monoisotopic (exact) mass is 239 g/mol. The number of rotatable bonds is 0. The summed E-state index contributed by atoms with van der Waals surface area (Å²) in [5.74, 6) is 1.00. The minimum Gasteiger partial charge on any atom is -0.399 e. The Bertz CT molecular complexity index is 587. The molecule has 2 atom stereocenters. The summed E-state index contributed by atoms with van der Waals surface area (Å²) in [4.78, 5) is 12.1. The van der Waals surface area contributed by atoms with Gasteiger partial charge in [0.05, 0.1) is 0 Å². The molecule has 0 aliphatic heterocycles. The van der Waals surface area contributed by atoms with E-state index in [-0.39, 0.29) is 11.2 Å². The van der Waals surface area contributed by atoms with Gasteiger partial charge in [-0.15, -0.1) is 0 Å². The van der Waals surface area contributed by atoms with Gasteiger partial charge in [0.15, 0.2) is 5.78 Å². The molecule has 0 heterocycles. The second-order valence-corrected chi connectivity index (χ2v) is 6.06. The summed E-state index contributed by atoms with van der Waals surface area (Å²) in [6.45, 7) is 0. The van der Waals surface area contributed by atoms with Crippen LogP contribution in [0.5, 0.6) is 0 Å². The Morgan fingerprint density at radius 3 is 2.94 bits per heavy atom. The molecule has 2 nitrogen and oxygen atoms in total. The fourth-order valence-corrected chi connectivity index (χ4v) is 4.35. The van der Waals surface area contributed by atoms with Crippen molar-refractivity contribution in [3.8, 4) is 0 Å². The molecule has 0 aromatic heterocycles. The summed E-state index contributed by atoms with van der Waals surface area (Å²) >= 11 is 0. The molecule has 0 radical (unpaired) electrons. The highest BCUT2D eigenvalue weighted by Crippen LogP contribution is 2.58. The van der Waals surface area contributed by atoms with Crippen molar-refractivity contribution in [1.82, 2.24) is 0 Å². The molecule has 1 aromatic rings. The standard InChI is InChI=1S/C16H17NO/c17-12-3-4-14-13(8-12)15(18)5-6-16(14)9-10-1-2-11(16)7-10/h1,3-4,8,11H,2,5-7,9,17H2. The lowest BCUT2D eigenvalue weighted by atomic mass is 9.62. The average Bonchev–Trinajstić information content (AvgIpc) is 2.95. The zero-order valence-electron chi connectivity index (χ0n) is 10.4. The first-order chi connectivity index (χ1) is 8.69. The first-order valence-corrected chi connectivity index (χ1v) is 6.80. The highest BCUT2D eigenvalue weighted by Gasteiger charge is 2.51. The summed E-state index contributed by atoms with van der Waals surface area (Å²) in [6, 6.07) is 5.96. The number of anilines is 1. The number of carbonyl (C=O) groups excluding carboxylic acids is 1. The maximum absolute atomic E-state index is 12.1. The van der Waals surface area contributed by atoms with Crippen molar-refractivity contribution in [1.29, 1.82) is 0 Å². The lowest BCUT2D eigenvalue weighted by molar-refractivity contribution is 0.0939. The van der Waals surface area contributed by atoms with E-state index >= 15 is 0 Å². The van der Waals surface area contributed by atoms with E-state index in [2.05, 4.69) is 12.1 Å². The Labute approximate surface area is 107 Å². The fourth-order valence-electron chi connectivity index (χ4n) is 4.35. The van der Waals surface area contributed by atoms with Crippen LogP contribution in [0.25, 0.3) is 0 Å². The predicted octanol–water partition coefficient (Wildman–Crippen LogP) is 3.22. The molecule has 2 heteroatoms. The van der Waals surface area contributed by atoms with Gasteiger partial charge in [-0.25, -0.2) is 0 Å². The topological polar surface area (TPSA) is 43.1 Å². The molecule has 3 aliphatic carbocycles. The van der Waals surface area contributed by atoms with Crippen LogP contribution >= 0.6 is 0 Å². The molecule has 4 rings (SSSR count). The van der Waals surface area contributed by atoms with E-state index in [1.54, 1.807) is 5.57 Å². The number of allylic oxidation sites excluding steroid dienone is 2. The summed E-state index contributed by atoms with van der Waals surface area (Å²) in [5.41, 5.74) is 10.6. The minimum atomic E-state index is 0.251. The van der Waals surface area contributed by atoms with Crippen molar-refractivity contribution < 1.29 is 4.79 Å². The first-order valence-electron chi connectivity index (χ1n) is 6.80. The zero-order valence-corrected chi connectivity index (χ0v) is 10.4. The molecule has 18 heavy (non-hydrogen) atoms. The summed E-state index contributed by atoms with van der Waals surface area (Å²) in [7, 11) is 0. The molecular weight excluding hydrogens is 222 g/mol. The average molecular weight is 239 g/mol. The van der Waals surface area contributed by atoms with Crippen LogP contribution in [0.2, 0.25) is 0 Å². The van der Waals surface area contributed by atoms with E-state index in [4.69, 9.17) is 5.73 Å². The van der Waals surface area contributed by atoms with Gasteiger partial charge in [-0.3, -0.25) is 4.79 Å². The lowest BCUT2D eigenvalue weighted by Gasteiger charge is -2.41. The van der Waals surface area contributed by atoms with Gasteiger partial charge in [-0.2, -0.15) is 0 Å². The number of fused-ring (bicyclic) bond motifs is 5. The van der Waals surface area contributed by atoms with Crippen molar-refractivity contribution in [3.63, 3.8) is 0 Å². The molecule has 0 saturated heterocycles. The molecule has 2 N–H and O–H groups in total. The normalized spacial score (nSPS) is 32.8. The number of Topliss-reactive ketones (excluding diaryl/α,β-unsaturated/α-hetero) is 1. The number of carbonyl (C=O) groups is 1. The quantitative estimate of drug-likeness (QED) is 0.558. The number of ketones is 1. The number of benzene rings is 1. The number of hydrogen-bond donors (Lipinski definition) is 1. The van der Waals surface area contributed by atoms with E-state index in [1.807, 2.05) is 12.1 Å². The highest BCUT2D eigenvalue weighted by atomic mass is 16.1. The van der Waals surface area contributed by atoms with Crippen molar-refractivity contribution in [3.05, 3.63) is 41.0 Å². The van der Waals surface area contributed by atoms with Crippen LogP contribution in [0.4, 0.5) is 5.69 Å². The third-order valence-electron chi connectivity index (χ3n) is 5.20. The van der Waals surface area contributed by atoms with Crippen molar-refractivity contribution in [2.75, 3.05) is 5.73 Å². The molecule has 0 amide bonds. The second-order valence-electron chi connectivity index (χ2n) is 6.06. The van der Waals surface area contributed by atoms with Gasteiger partial charge < -0.3 is 5.73 Å². The fraction of sp³-hybridized carbons (Fsp3) is 0.438. The number of hydrogen-bond acceptors (Lipinski definition) is 2. The Morgan fingerprint density at radius 2 is 2.22 bits per heavy atom. The van der Waals surface area contributed by atoms with E-state index in [0.29, 0.717) is 12.1 Å². The van der Waals surface area contributed by atoms with Gasteiger partial charge in [0.2, 0.25) is 0 Å². The smallest absolute Gasteiger partial charge is 0.163 e. The molecule has 1 fully saturated rings. The van der Waals surface area contributed by atoms with Crippen molar-refractivity contribution in [2.45, 2.75) is 37.5 Å². The maximum Gasteiger partial charge on any atom is 0.163 e. The van der Waals surface area contributed by atoms with Crippen molar-refractivity contribution in [2.24, 2.45) is 5.92 Å². The van der Waals surface area contributed by atoms with E-state index in [0.717, 1.165) is 17.9 Å². The summed E-state index contributed by atoms with van der Waals surface area (Å²) < 4.78 is 0. The molecule has 1 aromatic carbocycles. The molecule has 92 valence electrons. The highest BCUT2D eigenvalue weighted by molar-refractivity contribution is 6.00. The summed E-state index contributed by atoms with van der Waals surface area (Å²) in [5, 5.41) is 0. The van der Waals surface area contributed by atoms with Gasteiger partial charge in [-0.1, -0.05) is 17.7 Å². The van der Waals surface area contributed by atoms with Crippen LogP contribution in [-0.4, -0.2) is 5.78 Å². The Morgan fingerprint density at radius 1 is 1.33 bits per heavy atom. The predicted molar refractivity (Wildman–Crippen MR) is 71.5 cm³/mol. The van der Waals surface area contributed by atoms with Crippen LogP contribution in [-0.2, 0) is 5.41 Å². The Kier molecular flexibility index (Phi) is 1.87. The van der Waals surface area contributed by atoms with Crippen molar-refractivity contribution >= 4 is 11.5 Å². The van der Waals surface area contributed by atoms with Crippen LogP contribution in [0.1, 0.15) is 48.0 Å². The first kappa shape index (κ1) is 10.4. The molecule has 3 aliphatic rings. The van der Waals surface area contributed by atoms with Crippen LogP contribution in [0, 0.1) is 5.92 Å². The van der Waals surface area contributed by atoms with Gasteiger partial charge in [-0.05, 0) is 49.3 Å². The Hall–Kier alpha value is -1.57. The van der Waals surface area contributed by atoms with Gasteiger partial charge >= 0.3 is 0 Å². The maximum atomic E-state index is 12.1. The summed E-state index contributed by atoms with van der Waals surface area (Å²) in [6.07, 6.45) is 7.75. The number of nitrogen functional groups attached to an aromatic ring is 1. The Balaban J connectivity index is 1.92. The molecule has 1 saturated carbocycles. The van der Waals surface area contributed by atoms with Crippen LogP contribution < -0.4 is 5.73 Å². The van der Waals surface area contributed by atoms with Gasteiger partial charge in [0.25, 0.3) is 0 Å². The molecule has 1 spiro atoms. The molecule has 2 unspecified atom stereocenters. The SMILES string of the molecule is Nc1ccc2c(c1)C(=O)CCC21CC2=CCC1C2. The third-order valence-corrected chi connectivity index (χ3v) is 5.20. The van der Waals surface area contributed by atoms with Crippen LogP contribution in [0.15, 0.2) is 29.8 Å².